The summed E-state index contributed by atoms with van der Waals surface area (Å²) in [7, 11) is 0. The predicted molar refractivity (Wildman–Crippen MR) is 101 cm³/mol. The average Bonchev–Trinajstić information content (AvgIpc) is 3.01. The van der Waals surface area contributed by atoms with Gasteiger partial charge in [0.15, 0.2) is 5.65 Å². The molecule has 28 heavy (non-hydrogen) atoms. The summed E-state index contributed by atoms with van der Waals surface area (Å²) in [5.74, 6) is 0. The van der Waals surface area contributed by atoms with E-state index in [1.54, 1.807) is 16.7 Å². The quantitative estimate of drug-likeness (QED) is 0.735. The number of aromatic amines is 1. The van der Waals surface area contributed by atoms with E-state index in [2.05, 4.69) is 14.9 Å². The lowest BCUT2D eigenvalue weighted by molar-refractivity contribution is -0.137. The van der Waals surface area contributed by atoms with Crippen LogP contribution in [0.5, 0.6) is 0 Å². The zero-order valence-corrected chi connectivity index (χ0v) is 15.3. The monoisotopic (exact) mass is 390 g/mol. The van der Waals surface area contributed by atoms with E-state index >= 15 is 0 Å². The minimum Gasteiger partial charge on any atom is -0.302 e. The molecule has 5 nitrogen and oxygen atoms in total. The Morgan fingerprint density at radius 1 is 1.04 bits per heavy atom. The van der Waals surface area contributed by atoms with Crippen LogP contribution in [-0.4, -0.2) is 39.1 Å². The summed E-state index contributed by atoms with van der Waals surface area (Å²) in [5.41, 5.74) is 1.06. The van der Waals surface area contributed by atoms with Gasteiger partial charge in [-0.1, -0.05) is 18.6 Å². The molecule has 1 aromatic carbocycles. The van der Waals surface area contributed by atoms with Crippen molar-refractivity contribution in [1.82, 2.24) is 19.4 Å². The fourth-order valence-electron chi connectivity index (χ4n) is 3.71. The minimum absolute atomic E-state index is 0.249. The van der Waals surface area contributed by atoms with Crippen LogP contribution in [0, 0.1) is 0 Å². The second-order valence-electron chi connectivity index (χ2n) is 7.15. The number of hydrogen-bond acceptors (Lipinski definition) is 3. The maximum atomic E-state index is 13.0. The van der Waals surface area contributed by atoms with Crippen LogP contribution in [0.1, 0.15) is 24.8 Å². The molecule has 1 aliphatic rings. The number of aromatic nitrogens is 3. The molecule has 1 aliphatic heterocycles. The van der Waals surface area contributed by atoms with Crippen LogP contribution < -0.4 is 5.69 Å². The molecule has 1 saturated heterocycles. The van der Waals surface area contributed by atoms with Crippen LogP contribution in [0.4, 0.5) is 13.2 Å². The number of nitrogens with one attached hydrogen (secondary N) is 1. The summed E-state index contributed by atoms with van der Waals surface area (Å²) >= 11 is 0. The second-order valence-corrected chi connectivity index (χ2v) is 7.15. The van der Waals surface area contributed by atoms with Gasteiger partial charge in [0.2, 0.25) is 0 Å². The van der Waals surface area contributed by atoms with Gasteiger partial charge in [-0.15, -0.1) is 0 Å². The van der Waals surface area contributed by atoms with Gasteiger partial charge in [-0.05, 0) is 49.7 Å². The molecule has 0 spiro atoms. The van der Waals surface area contributed by atoms with Crippen molar-refractivity contribution in [3.05, 3.63) is 52.6 Å². The molecule has 8 heteroatoms. The van der Waals surface area contributed by atoms with E-state index in [-0.39, 0.29) is 5.69 Å². The number of imidazole rings is 1. The van der Waals surface area contributed by atoms with Gasteiger partial charge in [-0.25, -0.2) is 9.78 Å². The number of H-pyrrole nitrogens is 1. The number of halogens is 3. The predicted octanol–water partition coefficient (Wildman–Crippen LogP) is 3.90. The van der Waals surface area contributed by atoms with Crippen molar-refractivity contribution in [2.24, 2.45) is 0 Å². The van der Waals surface area contributed by atoms with Crippen LogP contribution in [0.25, 0.3) is 22.3 Å². The third kappa shape index (κ3) is 3.82. The first-order valence-electron chi connectivity index (χ1n) is 9.40. The number of fused-ring (bicyclic) bond motifs is 1. The first-order valence-corrected chi connectivity index (χ1v) is 9.40. The Morgan fingerprint density at radius 3 is 2.57 bits per heavy atom. The number of nitrogens with zero attached hydrogens (tertiary/aromatic N) is 3. The van der Waals surface area contributed by atoms with Gasteiger partial charge in [-0.3, -0.25) is 9.55 Å². The van der Waals surface area contributed by atoms with Gasteiger partial charge in [0.1, 0.15) is 0 Å². The summed E-state index contributed by atoms with van der Waals surface area (Å²) in [6.07, 6.45) is 0.669. The van der Waals surface area contributed by atoms with Crippen LogP contribution in [0.15, 0.2) is 41.3 Å². The van der Waals surface area contributed by atoms with E-state index in [4.69, 9.17) is 0 Å². The SMILES string of the molecule is O=c1[nH]c2ncc(-c3cccc(C(F)(F)F)c3)cc2n1CCN1CCCCC1. The highest BCUT2D eigenvalue weighted by molar-refractivity contribution is 5.78. The van der Waals surface area contributed by atoms with Crippen molar-refractivity contribution in [2.75, 3.05) is 19.6 Å². The maximum Gasteiger partial charge on any atom is 0.416 e. The lowest BCUT2D eigenvalue weighted by Crippen LogP contribution is -2.34. The van der Waals surface area contributed by atoms with Gasteiger partial charge < -0.3 is 4.90 Å². The summed E-state index contributed by atoms with van der Waals surface area (Å²) < 4.78 is 40.7. The number of likely N-dealkylation sites (tertiary alicyclic amines) is 1. The third-order valence-corrected chi connectivity index (χ3v) is 5.24. The van der Waals surface area contributed by atoms with Gasteiger partial charge in [-0.2, -0.15) is 13.2 Å². The first kappa shape index (κ1) is 18.7. The van der Waals surface area contributed by atoms with Crippen molar-refractivity contribution in [1.29, 1.82) is 0 Å². The Bertz CT molecular complexity index is 1030. The van der Waals surface area contributed by atoms with Gasteiger partial charge in [0, 0.05) is 24.8 Å². The molecule has 3 heterocycles. The number of benzene rings is 1. The second kappa shape index (κ2) is 7.43. The van der Waals surface area contributed by atoms with Gasteiger partial charge in [0.05, 0.1) is 11.1 Å². The summed E-state index contributed by atoms with van der Waals surface area (Å²) in [6, 6.07) is 6.86. The third-order valence-electron chi connectivity index (χ3n) is 5.24. The van der Waals surface area contributed by atoms with E-state index in [9.17, 15) is 18.0 Å². The molecule has 0 atom stereocenters. The summed E-state index contributed by atoms with van der Waals surface area (Å²) in [4.78, 5) is 21.7. The van der Waals surface area contributed by atoms with Crippen molar-refractivity contribution < 1.29 is 13.2 Å². The molecule has 0 amide bonds. The first-order chi connectivity index (χ1) is 13.4. The van der Waals surface area contributed by atoms with E-state index < -0.39 is 11.7 Å². The standard InChI is InChI=1S/C20H21F3N4O/c21-20(22,23)16-6-4-5-14(11-16)15-12-17-18(24-13-15)25-19(28)27(17)10-9-26-7-2-1-3-8-26/h4-6,11-13H,1-3,7-10H2,(H,24,25,28). The van der Waals surface area contributed by atoms with Crippen molar-refractivity contribution in [2.45, 2.75) is 32.0 Å². The average molecular weight is 390 g/mol. The minimum atomic E-state index is -4.40. The van der Waals surface area contributed by atoms with Crippen LogP contribution in [-0.2, 0) is 12.7 Å². The maximum absolute atomic E-state index is 13.0. The molecule has 1 N–H and O–H groups in total. The normalized spacial score (nSPS) is 16.0. The Labute approximate surface area is 159 Å². The zero-order valence-electron chi connectivity index (χ0n) is 15.3. The van der Waals surface area contributed by atoms with Crippen molar-refractivity contribution in [3.63, 3.8) is 0 Å². The van der Waals surface area contributed by atoms with Crippen LogP contribution in [0.2, 0.25) is 0 Å². The smallest absolute Gasteiger partial charge is 0.302 e. The molecule has 0 unspecified atom stereocenters. The highest BCUT2D eigenvalue weighted by Crippen LogP contribution is 2.32. The lowest BCUT2D eigenvalue weighted by Gasteiger charge is -2.26. The van der Waals surface area contributed by atoms with Crippen molar-refractivity contribution in [3.8, 4) is 11.1 Å². The van der Waals surface area contributed by atoms with Crippen LogP contribution >= 0.6 is 0 Å². The zero-order chi connectivity index (χ0) is 19.7. The largest absolute Gasteiger partial charge is 0.416 e. The number of rotatable bonds is 4. The molecule has 0 aliphatic carbocycles. The molecule has 3 aromatic rings. The Balaban J connectivity index is 1.66. The molecule has 0 bridgehead atoms. The molecule has 0 radical (unpaired) electrons. The fraction of sp³-hybridized carbons (Fsp3) is 0.400. The fourth-order valence-corrected chi connectivity index (χ4v) is 3.71. The molecule has 0 saturated carbocycles. The van der Waals surface area contributed by atoms with E-state index in [0.29, 0.717) is 28.8 Å². The molecule has 4 rings (SSSR count). The molecule has 1 fully saturated rings. The summed E-state index contributed by atoms with van der Waals surface area (Å²) in [5, 5.41) is 0. The number of alkyl halides is 3. The molecule has 2 aromatic heterocycles. The lowest BCUT2D eigenvalue weighted by atomic mass is 10.0. The highest BCUT2D eigenvalue weighted by atomic mass is 19.4. The number of hydrogen-bond donors (Lipinski definition) is 1. The molecular formula is C20H21F3N4O. The summed E-state index contributed by atoms with van der Waals surface area (Å²) in [6.45, 7) is 3.35. The molecule has 148 valence electrons. The van der Waals surface area contributed by atoms with E-state index in [1.807, 2.05) is 0 Å². The number of piperidine rings is 1. The molecular weight excluding hydrogens is 369 g/mol. The van der Waals surface area contributed by atoms with Crippen molar-refractivity contribution >= 4 is 11.2 Å². The van der Waals surface area contributed by atoms with E-state index in [1.165, 1.54) is 31.5 Å². The Morgan fingerprint density at radius 2 is 1.82 bits per heavy atom. The van der Waals surface area contributed by atoms with Gasteiger partial charge >= 0.3 is 11.9 Å². The Kier molecular flexibility index (Phi) is 4.97. The number of pyridine rings is 1. The van der Waals surface area contributed by atoms with Gasteiger partial charge in [0.25, 0.3) is 0 Å². The van der Waals surface area contributed by atoms with Crippen LogP contribution in [0.3, 0.4) is 0 Å². The highest BCUT2D eigenvalue weighted by Gasteiger charge is 2.30. The topological polar surface area (TPSA) is 53.9 Å². The Hall–Kier alpha value is -2.61. The van der Waals surface area contributed by atoms with E-state index in [0.717, 1.165) is 31.8 Å².